The van der Waals surface area contributed by atoms with E-state index in [9.17, 15) is 19.5 Å². The van der Waals surface area contributed by atoms with Gasteiger partial charge in [-0.2, -0.15) is 0 Å². The lowest BCUT2D eigenvalue weighted by Gasteiger charge is -2.28. The Morgan fingerprint density at radius 2 is 1.85 bits per heavy atom. The first kappa shape index (κ1) is 27.9. The van der Waals surface area contributed by atoms with Crippen LogP contribution in [0.1, 0.15) is 78.6 Å². The van der Waals surface area contributed by atoms with Gasteiger partial charge in [0.2, 0.25) is 12.1 Å². The molecule has 3 heterocycles. The fraction of sp³-hybridized carbons (Fsp3) is 0.400. The second-order valence-electron chi connectivity index (χ2n) is 10.9. The van der Waals surface area contributed by atoms with E-state index >= 15 is 0 Å². The second kappa shape index (κ2) is 10.9. The number of amides is 1. The van der Waals surface area contributed by atoms with Gasteiger partial charge in [-0.1, -0.05) is 50.8 Å². The molecule has 4 rings (SSSR count). The third kappa shape index (κ3) is 5.39. The van der Waals surface area contributed by atoms with Crippen LogP contribution in [0.15, 0.2) is 48.6 Å². The number of imidazole rings is 1. The minimum Gasteiger partial charge on any atom is -0.872 e. The van der Waals surface area contributed by atoms with Crippen molar-refractivity contribution < 1.29 is 28.8 Å². The minimum absolute atomic E-state index is 0.0848. The van der Waals surface area contributed by atoms with Crippen molar-refractivity contribution in [1.82, 2.24) is 14.9 Å². The lowest BCUT2D eigenvalue weighted by molar-refractivity contribution is -0.695. The summed E-state index contributed by atoms with van der Waals surface area (Å²) in [5.41, 5.74) is 2.83. The second-order valence-corrected chi connectivity index (χ2v) is 10.9. The summed E-state index contributed by atoms with van der Waals surface area (Å²) in [7, 11) is 0. The summed E-state index contributed by atoms with van der Waals surface area (Å²) >= 11 is 0. The van der Waals surface area contributed by atoms with E-state index in [1.165, 1.54) is 4.90 Å². The predicted molar refractivity (Wildman–Crippen MR) is 143 cm³/mol. The van der Waals surface area contributed by atoms with Gasteiger partial charge in [0.15, 0.2) is 0 Å². The highest BCUT2D eigenvalue weighted by Gasteiger charge is 2.44. The van der Waals surface area contributed by atoms with Gasteiger partial charge in [0, 0.05) is 24.2 Å². The van der Waals surface area contributed by atoms with E-state index in [0.29, 0.717) is 36.3 Å². The summed E-state index contributed by atoms with van der Waals surface area (Å²) in [4.78, 5) is 46.7. The Morgan fingerprint density at radius 3 is 2.44 bits per heavy atom. The quantitative estimate of drug-likeness (QED) is 0.152. The number of H-pyrrole nitrogens is 2. The summed E-state index contributed by atoms with van der Waals surface area (Å²) in [6, 6.07) is 6.90. The van der Waals surface area contributed by atoms with Crippen LogP contribution in [-0.4, -0.2) is 45.7 Å². The van der Waals surface area contributed by atoms with Crippen LogP contribution < -0.4 is 9.67 Å². The van der Waals surface area contributed by atoms with E-state index < -0.39 is 29.5 Å². The van der Waals surface area contributed by atoms with Gasteiger partial charge in [0.25, 0.3) is 5.91 Å². The Bertz CT molecular complexity index is 1410. The molecule has 1 unspecified atom stereocenters. The summed E-state index contributed by atoms with van der Waals surface area (Å²) in [6.07, 6.45) is 6.11. The maximum absolute atomic E-state index is 14.0. The Labute approximate surface area is 228 Å². The average Bonchev–Trinajstić information content (AvgIpc) is 3.57. The Hall–Kier alpha value is -4.14. The smallest absolute Gasteiger partial charge is 0.355 e. The maximum Gasteiger partial charge on any atom is 0.355 e. The monoisotopic (exact) mass is 532 g/mol. The standard InChI is InChI=1S/C30H36N4O5/c1-7-39-29(38)24-18(2)22(19(3)32-24)26(35)23-25(20-9-11-21(12-10-20)30(4,5)6)34(28(37)27(23)36)15-8-14-33-16-13-31-17-33/h9-13,16-17,25H,7-8,14-15H2,1-6H3,(H2,32,35,36,38). The number of benzene rings is 1. The largest absolute Gasteiger partial charge is 0.872 e. The molecular weight excluding hydrogens is 496 g/mol. The van der Waals surface area contributed by atoms with Crippen LogP contribution in [0.4, 0.5) is 0 Å². The average molecular weight is 533 g/mol. The first-order chi connectivity index (χ1) is 18.5. The molecule has 1 atom stereocenters. The van der Waals surface area contributed by atoms with Gasteiger partial charge >= 0.3 is 5.97 Å². The number of carbonyl (C=O) groups is 3. The molecule has 0 saturated carbocycles. The normalized spacial score (nSPS) is 17.2. The van der Waals surface area contributed by atoms with E-state index in [-0.39, 0.29) is 28.9 Å². The Morgan fingerprint density at radius 1 is 1.15 bits per heavy atom. The minimum atomic E-state index is -0.831. The van der Waals surface area contributed by atoms with Gasteiger partial charge < -0.3 is 19.7 Å². The molecule has 9 heteroatoms. The molecule has 2 aromatic heterocycles. The van der Waals surface area contributed by atoms with E-state index in [1.807, 2.05) is 41.4 Å². The van der Waals surface area contributed by atoms with Crippen LogP contribution in [-0.2, 0) is 26.3 Å². The first-order valence-corrected chi connectivity index (χ1v) is 13.2. The molecule has 0 spiro atoms. The molecule has 0 bridgehead atoms. The van der Waals surface area contributed by atoms with Crippen LogP contribution in [0.2, 0.25) is 0 Å². The number of hydrogen-bond acceptors (Lipinski definition) is 5. The molecule has 39 heavy (non-hydrogen) atoms. The van der Waals surface area contributed by atoms with Gasteiger partial charge in [0.05, 0.1) is 19.2 Å². The summed E-state index contributed by atoms with van der Waals surface area (Å²) in [6.45, 7) is 12.5. The fourth-order valence-electron chi connectivity index (χ4n) is 5.13. The van der Waals surface area contributed by atoms with Crippen LogP contribution in [0, 0.1) is 13.8 Å². The molecule has 1 amide bonds. The third-order valence-corrected chi connectivity index (χ3v) is 7.18. The van der Waals surface area contributed by atoms with Crippen molar-refractivity contribution in [2.75, 3.05) is 13.2 Å². The van der Waals surface area contributed by atoms with Crippen molar-refractivity contribution in [3.63, 3.8) is 0 Å². The van der Waals surface area contributed by atoms with Crippen LogP contribution in [0.25, 0.3) is 5.76 Å². The SMILES string of the molecule is CCOC(=O)c1[nH]c(C)c(/C([O-])=C2\C(=O)C(=O)N(CCC[n+]3cc[nH]c3)C2c2ccc(C(C)(C)C)cc2)c1C. The third-order valence-electron chi connectivity index (χ3n) is 7.18. The van der Waals surface area contributed by atoms with Gasteiger partial charge in [0.1, 0.15) is 18.1 Å². The Balaban J connectivity index is 1.80. The Kier molecular flexibility index (Phi) is 7.81. The first-order valence-electron chi connectivity index (χ1n) is 13.2. The fourth-order valence-corrected chi connectivity index (χ4v) is 5.13. The highest BCUT2D eigenvalue weighted by Crippen LogP contribution is 2.40. The van der Waals surface area contributed by atoms with Crippen molar-refractivity contribution in [2.45, 2.75) is 66.0 Å². The van der Waals surface area contributed by atoms with Gasteiger partial charge in [-0.3, -0.25) is 14.6 Å². The molecule has 2 N–H and O–H groups in total. The lowest BCUT2D eigenvalue weighted by atomic mass is 9.85. The molecule has 1 saturated heterocycles. The molecule has 206 valence electrons. The summed E-state index contributed by atoms with van der Waals surface area (Å²) in [5, 5.41) is 14.0. The molecule has 0 radical (unpaired) electrons. The highest BCUT2D eigenvalue weighted by atomic mass is 16.5. The molecule has 0 aliphatic carbocycles. The number of aromatic nitrogens is 3. The van der Waals surface area contributed by atoms with Crippen LogP contribution >= 0.6 is 0 Å². The summed E-state index contributed by atoms with van der Waals surface area (Å²) < 4.78 is 7.07. The van der Waals surface area contributed by atoms with Gasteiger partial charge in [-0.15, -0.1) is 0 Å². The van der Waals surface area contributed by atoms with Gasteiger partial charge in [-0.05, 0) is 48.4 Å². The van der Waals surface area contributed by atoms with Crippen molar-refractivity contribution in [3.8, 4) is 0 Å². The van der Waals surface area contributed by atoms with Crippen LogP contribution in [0.3, 0.4) is 0 Å². The number of aryl methyl sites for hydroxylation is 2. The van der Waals surface area contributed by atoms with Crippen molar-refractivity contribution in [2.24, 2.45) is 0 Å². The van der Waals surface area contributed by atoms with E-state index in [0.717, 1.165) is 5.56 Å². The highest BCUT2D eigenvalue weighted by molar-refractivity contribution is 6.46. The van der Waals surface area contributed by atoms with Crippen molar-refractivity contribution in [3.05, 3.63) is 82.2 Å². The topological polar surface area (TPSA) is 122 Å². The zero-order chi connectivity index (χ0) is 28.5. The lowest BCUT2D eigenvalue weighted by Crippen LogP contribution is -2.36. The predicted octanol–water partition coefficient (Wildman–Crippen LogP) is 3.04. The number of likely N-dealkylation sites (tertiary alicyclic amines) is 1. The number of carbonyl (C=O) groups excluding carboxylic acids is 3. The maximum atomic E-state index is 14.0. The van der Waals surface area contributed by atoms with Crippen molar-refractivity contribution in [1.29, 1.82) is 0 Å². The number of hydrogen-bond donors (Lipinski definition) is 2. The molecule has 1 fully saturated rings. The molecule has 9 nitrogen and oxygen atoms in total. The van der Waals surface area contributed by atoms with E-state index in [1.54, 1.807) is 27.0 Å². The number of aromatic amines is 2. The number of nitrogens with zero attached hydrogens (tertiary/aromatic N) is 2. The number of rotatable bonds is 8. The number of Topliss-reactive ketones (excluding diaryl/α,β-unsaturated/α-hetero) is 1. The number of esters is 1. The van der Waals surface area contributed by atoms with Gasteiger partial charge in [-0.25, -0.2) is 9.36 Å². The van der Waals surface area contributed by atoms with E-state index in [2.05, 4.69) is 30.7 Å². The molecule has 3 aromatic rings. The zero-order valence-electron chi connectivity index (χ0n) is 23.4. The summed E-state index contributed by atoms with van der Waals surface area (Å²) in [5.74, 6) is -2.63. The number of ether oxygens (including phenoxy) is 1. The molecule has 1 aliphatic heterocycles. The molecule has 1 aromatic carbocycles. The van der Waals surface area contributed by atoms with E-state index in [4.69, 9.17) is 4.74 Å². The molecule has 1 aliphatic rings. The zero-order valence-corrected chi connectivity index (χ0v) is 23.4. The molecular formula is C30H36N4O5. The number of nitrogens with one attached hydrogen (secondary N) is 2. The van der Waals surface area contributed by atoms with Crippen molar-refractivity contribution >= 4 is 23.4 Å². The van der Waals surface area contributed by atoms with Crippen LogP contribution in [0.5, 0.6) is 0 Å². The number of ketones is 1.